The summed E-state index contributed by atoms with van der Waals surface area (Å²) in [4.78, 5) is 12.3. The topological polar surface area (TPSA) is 73.6 Å². The summed E-state index contributed by atoms with van der Waals surface area (Å²) >= 11 is 0. The quantitative estimate of drug-likeness (QED) is 0.694. The van der Waals surface area contributed by atoms with E-state index in [0.29, 0.717) is 40.8 Å². The standard InChI is InChI=1S/C20H20N2O4/c1-4-24-16-9-11-18(12-10-16)25-17-7-5-15(6-8-17)21-20(23)19-13(2)22-26-14(19)3/h5-12H,4H2,1-3H3,(H,21,23). The van der Waals surface area contributed by atoms with Crippen molar-refractivity contribution in [2.24, 2.45) is 0 Å². The van der Waals surface area contributed by atoms with Crippen molar-refractivity contribution in [2.45, 2.75) is 20.8 Å². The molecule has 3 rings (SSSR count). The van der Waals surface area contributed by atoms with E-state index in [0.717, 1.165) is 5.75 Å². The van der Waals surface area contributed by atoms with E-state index in [-0.39, 0.29) is 5.91 Å². The number of hydrogen-bond acceptors (Lipinski definition) is 5. The Kier molecular flexibility index (Phi) is 5.22. The van der Waals surface area contributed by atoms with Crippen molar-refractivity contribution in [3.05, 3.63) is 65.5 Å². The first kappa shape index (κ1) is 17.5. The molecular weight excluding hydrogens is 332 g/mol. The minimum absolute atomic E-state index is 0.249. The van der Waals surface area contributed by atoms with Crippen molar-refractivity contribution in [1.82, 2.24) is 5.16 Å². The van der Waals surface area contributed by atoms with Crippen LogP contribution in [0.4, 0.5) is 5.69 Å². The Morgan fingerprint density at radius 2 is 1.58 bits per heavy atom. The van der Waals surface area contributed by atoms with E-state index >= 15 is 0 Å². The van der Waals surface area contributed by atoms with Gasteiger partial charge in [-0.3, -0.25) is 4.79 Å². The monoisotopic (exact) mass is 352 g/mol. The number of aromatic nitrogens is 1. The number of carbonyl (C=O) groups excluding carboxylic acids is 1. The third kappa shape index (κ3) is 4.03. The number of benzene rings is 2. The highest BCUT2D eigenvalue weighted by Gasteiger charge is 2.17. The van der Waals surface area contributed by atoms with Crippen molar-refractivity contribution in [3.8, 4) is 17.2 Å². The first-order chi connectivity index (χ1) is 12.6. The molecule has 1 aromatic heterocycles. The SMILES string of the molecule is CCOc1ccc(Oc2ccc(NC(=O)c3c(C)noc3C)cc2)cc1. The highest BCUT2D eigenvalue weighted by Crippen LogP contribution is 2.25. The Hall–Kier alpha value is -3.28. The average molecular weight is 352 g/mol. The van der Waals surface area contributed by atoms with Gasteiger partial charge in [-0.25, -0.2) is 0 Å². The van der Waals surface area contributed by atoms with Gasteiger partial charge in [0.25, 0.3) is 5.91 Å². The van der Waals surface area contributed by atoms with Gasteiger partial charge in [0, 0.05) is 5.69 Å². The number of hydrogen-bond donors (Lipinski definition) is 1. The second-order valence-electron chi connectivity index (χ2n) is 5.68. The van der Waals surface area contributed by atoms with E-state index in [1.54, 1.807) is 38.1 Å². The number of rotatable bonds is 6. The van der Waals surface area contributed by atoms with E-state index in [4.69, 9.17) is 14.0 Å². The van der Waals surface area contributed by atoms with Crippen LogP contribution in [0.2, 0.25) is 0 Å². The highest BCUT2D eigenvalue weighted by molar-refractivity contribution is 6.05. The maximum absolute atomic E-state index is 12.3. The normalized spacial score (nSPS) is 10.4. The zero-order valence-electron chi connectivity index (χ0n) is 14.9. The lowest BCUT2D eigenvalue weighted by molar-refractivity contribution is 0.102. The van der Waals surface area contributed by atoms with Gasteiger partial charge in [0.2, 0.25) is 0 Å². The molecule has 26 heavy (non-hydrogen) atoms. The van der Waals surface area contributed by atoms with Gasteiger partial charge in [-0.1, -0.05) is 5.16 Å². The van der Waals surface area contributed by atoms with Gasteiger partial charge in [-0.15, -0.1) is 0 Å². The van der Waals surface area contributed by atoms with Gasteiger partial charge in [0.05, 0.1) is 12.3 Å². The molecule has 1 amide bonds. The summed E-state index contributed by atoms with van der Waals surface area (Å²) in [6.07, 6.45) is 0. The number of nitrogens with zero attached hydrogens (tertiary/aromatic N) is 1. The van der Waals surface area contributed by atoms with Gasteiger partial charge in [-0.2, -0.15) is 0 Å². The van der Waals surface area contributed by atoms with Gasteiger partial charge >= 0.3 is 0 Å². The predicted molar refractivity (Wildman–Crippen MR) is 98.1 cm³/mol. The van der Waals surface area contributed by atoms with Crippen LogP contribution >= 0.6 is 0 Å². The van der Waals surface area contributed by atoms with Crippen LogP contribution in [-0.2, 0) is 0 Å². The van der Waals surface area contributed by atoms with Crippen LogP contribution in [0.15, 0.2) is 53.1 Å². The molecule has 6 nitrogen and oxygen atoms in total. The fourth-order valence-corrected chi connectivity index (χ4v) is 2.51. The Bertz CT molecular complexity index is 864. The van der Waals surface area contributed by atoms with Gasteiger partial charge in [0.1, 0.15) is 28.6 Å². The largest absolute Gasteiger partial charge is 0.494 e. The van der Waals surface area contributed by atoms with Crippen LogP contribution in [0.1, 0.15) is 28.7 Å². The van der Waals surface area contributed by atoms with Crippen LogP contribution in [0.3, 0.4) is 0 Å². The first-order valence-electron chi connectivity index (χ1n) is 8.32. The molecule has 3 aromatic rings. The van der Waals surface area contributed by atoms with Crippen LogP contribution in [-0.4, -0.2) is 17.7 Å². The van der Waals surface area contributed by atoms with Crippen molar-refractivity contribution < 1.29 is 18.8 Å². The lowest BCUT2D eigenvalue weighted by Crippen LogP contribution is -2.13. The van der Waals surface area contributed by atoms with E-state index in [9.17, 15) is 4.79 Å². The van der Waals surface area contributed by atoms with Crippen molar-refractivity contribution >= 4 is 11.6 Å². The van der Waals surface area contributed by atoms with E-state index in [2.05, 4.69) is 10.5 Å². The molecule has 6 heteroatoms. The molecule has 1 heterocycles. The molecule has 0 unspecified atom stereocenters. The lowest BCUT2D eigenvalue weighted by Gasteiger charge is -2.09. The number of ether oxygens (including phenoxy) is 2. The highest BCUT2D eigenvalue weighted by atomic mass is 16.5. The fourth-order valence-electron chi connectivity index (χ4n) is 2.51. The smallest absolute Gasteiger partial charge is 0.261 e. The van der Waals surface area contributed by atoms with E-state index < -0.39 is 0 Å². The molecule has 2 aromatic carbocycles. The summed E-state index contributed by atoms with van der Waals surface area (Å²) in [5.41, 5.74) is 1.68. The average Bonchev–Trinajstić information content (AvgIpc) is 2.97. The maximum Gasteiger partial charge on any atom is 0.261 e. The van der Waals surface area contributed by atoms with Gasteiger partial charge in [0.15, 0.2) is 0 Å². The summed E-state index contributed by atoms with van der Waals surface area (Å²) in [7, 11) is 0. The summed E-state index contributed by atoms with van der Waals surface area (Å²) < 4.78 is 16.2. The van der Waals surface area contributed by atoms with E-state index in [1.165, 1.54) is 0 Å². The van der Waals surface area contributed by atoms with Crippen LogP contribution < -0.4 is 14.8 Å². The second-order valence-corrected chi connectivity index (χ2v) is 5.68. The second kappa shape index (κ2) is 7.74. The van der Waals surface area contributed by atoms with Crippen molar-refractivity contribution in [2.75, 3.05) is 11.9 Å². The van der Waals surface area contributed by atoms with Gasteiger partial charge in [-0.05, 0) is 69.3 Å². The van der Waals surface area contributed by atoms with Crippen molar-refractivity contribution in [3.63, 3.8) is 0 Å². The minimum Gasteiger partial charge on any atom is -0.494 e. The molecule has 0 bridgehead atoms. The number of amides is 1. The molecule has 134 valence electrons. The number of nitrogens with one attached hydrogen (secondary N) is 1. The molecular formula is C20H20N2O4. The number of carbonyl (C=O) groups is 1. The third-order valence-electron chi connectivity index (χ3n) is 3.74. The number of aryl methyl sites for hydroxylation is 2. The molecule has 0 saturated carbocycles. The lowest BCUT2D eigenvalue weighted by atomic mass is 10.2. The molecule has 0 aliphatic rings. The summed E-state index contributed by atoms with van der Waals surface area (Å²) in [6, 6.07) is 14.5. The van der Waals surface area contributed by atoms with Crippen LogP contribution in [0.25, 0.3) is 0 Å². The Labute approximate surface area is 151 Å². The molecule has 0 aliphatic carbocycles. The summed E-state index contributed by atoms with van der Waals surface area (Å²) in [6.45, 7) is 6.01. The zero-order chi connectivity index (χ0) is 18.5. The minimum atomic E-state index is -0.249. The fraction of sp³-hybridized carbons (Fsp3) is 0.200. The Morgan fingerprint density at radius 1 is 1.00 bits per heavy atom. The molecule has 0 aliphatic heterocycles. The molecule has 0 radical (unpaired) electrons. The number of anilines is 1. The van der Waals surface area contributed by atoms with E-state index in [1.807, 2.05) is 31.2 Å². The maximum atomic E-state index is 12.3. The zero-order valence-corrected chi connectivity index (χ0v) is 14.9. The summed E-state index contributed by atoms with van der Waals surface area (Å²) in [5, 5.41) is 6.62. The predicted octanol–water partition coefficient (Wildman–Crippen LogP) is 4.73. The van der Waals surface area contributed by atoms with Crippen LogP contribution in [0, 0.1) is 13.8 Å². The molecule has 0 atom stereocenters. The molecule has 0 fully saturated rings. The third-order valence-corrected chi connectivity index (χ3v) is 3.74. The molecule has 1 N–H and O–H groups in total. The Balaban J connectivity index is 1.64. The summed E-state index contributed by atoms with van der Waals surface area (Å²) in [5.74, 6) is 2.43. The Morgan fingerprint density at radius 3 is 2.12 bits per heavy atom. The van der Waals surface area contributed by atoms with Gasteiger partial charge < -0.3 is 19.3 Å². The van der Waals surface area contributed by atoms with Crippen LogP contribution in [0.5, 0.6) is 17.2 Å². The first-order valence-corrected chi connectivity index (χ1v) is 8.32. The molecule has 0 saturated heterocycles. The molecule has 0 spiro atoms. The van der Waals surface area contributed by atoms with Crippen molar-refractivity contribution in [1.29, 1.82) is 0 Å².